The topological polar surface area (TPSA) is 59.2 Å². The van der Waals surface area contributed by atoms with Crippen LogP contribution in [0.2, 0.25) is 5.02 Å². The molecular formula is C14H16ClN3OS. The molecule has 6 heteroatoms. The Labute approximate surface area is 127 Å². The fraction of sp³-hybridized carbons (Fsp3) is 0.286. The highest BCUT2D eigenvalue weighted by Gasteiger charge is 2.23. The number of hydrogen-bond acceptors (Lipinski definition) is 4. The van der Waals surface area contributed by atoms with Crippen LogP contribution in [0.25, 0.3) is 0 Å². The highest BCUT2D eigenvalue weighted by atomic mass is 35.5. The van der Waals surface area contributed by atoms with Crippen molar-refractivity contribution >= 4 is 34.0 Å². The predicted molar refractivity (Wildman–Crippen MR) is 83.2 cm³/mol. The first-order chi connectivity index (χ1) is 9.40. The van der Waals surface area contributed by atoms with Crippen molar-refractivity contribution in [1.29, 1.82) is 0 Å². The summed E-state index contributed by atoms with van der Waals surface area (Å²) in [5.41, 5.74) is 7.30. The van der Waals surface area contributed by atoms with E-state index in [9.17, 15) is 4.79 Å². The molecule has 1 atom stereocenters. The van der Waals surface area contributed by atoms with Crippen LogP contribution in [0.3, 0.4) is 0 Å². The number of benzene rings is 1. The summed E-state index contributed by atoms with van der Waals surface area (Å²) in [6, 6.07) is 7.43. The summed E-state index contributed by atoms with van der Waals surface area (Å²) in [6.07, 6.45) is 0. The molecule has 0 radical (unpaired) electrons. The Hall–Kier alpha value is -1.59. The molecule has 1 aromatic heterocycles. The number of aromatic nitrogens is 1. The van der Waals surface area contributed by atoms with Crippen LogP contribution < -0.4 is 5.73 Å². The number of halogens is 1. The van der Waals surface area contributed by atoms with Crippen molar-refractivity contribution in [3.63, 3.8) is 0 Å². The number of rotatable bonds is 3. The van der Waals surface area contributed by atoms with E-state index >= 15 is 0 Å². The van der Waals surface area contributed by atoms with Crippen LogP contribution in [0.15, 0.2) is 24.3 Å². The van der Waals surface area contributed by atoms with Gasteiger partial charge < -0.3 is 10.6 Å². The van der Waals surface area contributed by atoms with Crippen molar-refractivity contribution in [3.8, 4) is 0 Å². The highest BCUT2D eigenvalue weighted by molar-refractivity contribution is 7.17. The summed E-state index contributed by atoms with van der Waals surface area (Å²) in [4.78, 5) is 18.8. The van der Waals surface area contributed by atoms with Crippen LogP contribution in [0, 0.1) is 6.92 Å². The van der Waals surface area contributed by atoms with Gasteiger partial charge in [0.1, 0.15) is 4.88 Å². The second-order valence-electron chi connectivity index (χ2n) is 4.61. The number of carbonyl (C=O) groups is 1. The lowest BCUT2D eigenvalue weighted by molar-refractivity contribution is 0.0746. The fourth-order valence-electron chi connectivity index (χ4n) is 1.94. The van der Waals surface area contributed by atoms with Crippen LogP contribution >= 0.6 is 22.9 Å². The second-order valence-corrected chi connectivity index (χ2v) is 6.08. The molecule has 0 spiro atoms. The van der Waals surface area contributed by atoms with E-state index in [-0.39, 0.29) is 11.9 Å². The van der Waals surface area contributed by atoms with Gasteiger partial charge in [0.05, 0.1) is 11.7 Å². The summed E-state index contributed by atoms with van der Waals surface area (Å²) >= 11 is 7.21. The van der Waals surface area contributed by atoms with E-state index in [1.54, 1.807) is 18.9 Å². The van der Waals surface area contributed by atoms with Crippen LogP contribution in [-0.4, -0.2) is 22.8 Å². The third kappa shape index (κ3) is 2.94. The lowest BCUT2D eigenvalue weighted by Gasteiger charge is -2.25. The van der Waals surface area contributed by atoms with E-state index in [1.165, 1.54) is 11.3 Å². The van der Waals surface area contributed by atoms with Gasteiger partial charge in [-0.1, -0.05) is 35.1 Å². The molecule has 0 fully saturated rings. The number of thiazole rings is 1. The van der Waals surface area contributed by atoms with Crippen molar-refractivity contribution in [1.82, 2.24) is 9.88 Å². The number of amides is 1. The SMILES string of the molecule is Cc1nc(N)sc1C(=O)N(C)C(C)c1cccc(Cl)c1. The quantitative estimate of drug-likeness (QED) is 0.943. The lowest BCUT2D eigenvalue weighted by atomic mass is 10.1. The van der Waals surface area contributed by atoms with Gasteiger partial charge in [-0.05, 0) is 31.5 Å². The molecule has 0 aliphatic heterocycles. The van der Waals surface area contributed by atoms with Crippen molar-refractivity contribution in [2.24, 2.45) is 0 Å². The third-order valence-electron chi connectivity index (χ3n) is 3.24. The zero-order valence-corrected chi connectivity index (χ0v) is 13.1. The fourth-order valence-corrected chi connectivity index (χ4v) is 2.96. The number of aryl methyl sites for hydroxylation is 1. The van der Waals surface area contributed by atoms with Crippen LogP contribution in [-0.2, 0) is 0 Å². The number of hydrogen-bond donors (Lipinski definition) is 1. The molecule has 0 aliphatic rings. The maximum atomic E-state index is 12.5. The third-order valence-corrected chi connectivity index (χ3v) is 4.45. The van der Waals surface area contributed by atoms with Gasteiger partial charge in [0.25, 0.3) is 5.91 Å². The summed E-state index contributed by atoms with van der Waals surface area (Å²) < 4.78 is 0. The van der Waals surface area contributed by atoms with E-state index in [0.717, 1.165) is 5.56 Å². The monoisotopic (exact) mass is 309 g/mol. The van der Waals surface area contributed by atoms with Gasteiger partial charge in [0.2, 0.25) is 0 Å². The van der Waals surface area contributed by atoms with Gasteiger partial charge in [-0.15, -0.1) is 0 Å². The molecule has 2 aromatic rings. The van der Waals surface area contributed by atoms with Crippen LogP contribution in [0.4, 0.5) is 5.13 Å². The molecule has 1 aromatic carbocycles. The minimum absolute atomic E-state index is 0.0795. The smallest absolute Gasteiger partial charge is 0.266 e. The summed E-state index contributed by atoms with van der Waals surface area (Å²) in [5, 5.41) is 1.07. The Morgan fingerprint density at radius 3 is 2.75 bits per heavy atom. The summed E-state index contributed by atoms with van der Waals surface area (Å²) in [6.45, 7) is 3.75. The molecular weight excluding hydrogens is 294 g/mol. The normalized spacial score (nSPS) is 12.2. The number of carbonyl (C=O) groups excluding carboxylic acids is 1. The Kier molecular flexibility index (Phi) is 4.30. The molecule has 1 unspecified atom stereocenters. The van der Waals surface area contributed by atoms with E-state index in [2.05, 4.69) is 4.98 Å². The molecule has 2 rings (SSSR count). The maximum Gasteiger partial charge on any atom is 0.266 e. The van der Waals surface area contributed by atoms with Crippen LogP contribution in [0.5, 0.6) is 0 Å². The van der Waals surface area contributed by atoms with Gasteiger partial charge >= 0.3 is 0 Å². The second kappa shape index (κ2) is 5.81. The minimum Gasteiger partial charge on any atom is -0.375 e. The Balaban J connectivity index is 2.24. The van der Waals surface area contributed by atoms with Gasteiger partial charge in [-0.25, -0.2) is 4.98 Å². The van der Waals surface area contributed by atoms with Crippen LogP contribution in [0.1, 0.15) is 33.9 Å². The van der Waals surface area contributed by atoms with E-state index in [1.807, 2.05) is 31.2 Å². The molecule has 1 amide bonds. The maximum absolute atomic E-state index is 12.5. The minimum atomic E-state index is -0.0797. The number of nitrogens with zero attached hydrogens (tertiary/aromatic N) is 2. The average Bonchev–Trinajstić information content (AvgIpc) is 2.75. The first-order valence-electron chi connectivity index (χ1n) is 6.15. The molecule has 0 saturated heterocycles. The molecule has 1 heterocycles. The molecule has 106 valence electrons. The molecule has 4 nitrogen and oxygen atoms in total. The Morgan fingerprint density at radius 1 is 1.50 bits per heavy atom. The zero-order valence-electron chi connectivity index (χ0n) is 11.6. The van der Waals surface area contributed by atoms with Gasteiger partial charge in [0.15, 0.2) is 5.13 Å². The molecule has 2 N–H and O–H groups in total. The summed E-state index contributed by atoms with van der Waals surface area (Å²) in [7, 11) is 1.77. The summed E-state index contributed by atoms with van der Waals surface area (Å²) in [5.74, 6) is -0.0795. The Bertz CT molecular complexity index is 641. The average molecular weight is 310 g/mol. The molecule has 20 heavy (non-hydrogen) atoms. The molecule has 0 aliphatic carbocycles. The number of nitrogen functional groups attached to an aromatic ring is 1. The van der Waals surface area contributed by atoms with E-state index in [0.29, 0.717) is 20.7 Å². The number of anilines is 1. The standard InChI is InChI=1S/C14H16ClN3OS/c1-8-12(20-14(16)17-8)13(19)18(3)9(2)10-5-4-6-11(15)7-10/h4-7,9H,1-3H3,(H2,16,17). The lowest BCUT2D eigenvalue weighted by Crippen LogP contribution is -2.29. The van der Waals surface area contributed by atoms with Crippen molar-refractivity contribution in [3.05, 3.63) is 45.4 Å². The van der Waals surface area contributed by atoms with Gasteiger partial charge in [-0.3, -0.25) is 4.79 Å². The molecule has 0 saturated carbocycles. The first kappa shape index (κ1) is 14.8. The largest absolute Gasteiger partial charge is 0.375 e. The van der Waals surface area contributed by atoms with Gasteiger partial charge in [-0.2, -0.15) is 0 Å². The van der Waals surface area contributed by atoms with Gasteiger partial charge in [0, 0.05) is 12.1 Å². The van der Waals surface area contributed by atoms with Crippen molar-refractivity contribution in [2.75, 3.05) is 12.8 Å². The predicted octanol–water partition coefficient (Wildman–Crippen LogP) is 3.52. The van der Waals surface area contributed by atoms with Crippen molar-refractivity contribution < 1.29 is 4.79 Å². The van der Waals surface area contributed by atoms with E-state index < -0.39 is 0 Å². The number of nitrogens with two attached hydrogens (primary N) is 1. The molecule has 0 bridgehead atoms. The Morgan fingerprint density at radius 2 is 2.20 bits per heavy atom. The first-order valence-corrected chi connectivity index (χ1v) is 7.35. The van der Waals surface area contributed by atoms with E-state index in [4.69, 9.17) is 17.3 Å². The van der Waals surface area contributed by atoms with Crippen molar-refractivity contribution in [2.45, 2.75) is 19.9 Å². The zero-order chi connectivity index (χ0) is 14.9. The highest BCUT2D eigenvalue weighted by Crippen LogP contribution is 2.27.